The van der Waals surface area contributed by atoms with E-state index in [4.69, 9.17) is 47.4 Å². The second-order valence-corrected chi connectivity index (χ2v) is 12.8. The fourth-order valence-corrected chi connectivity index (χ4v) is 6.36. The van der Waals surface area contributed by atoms with E-state index in [1.807, 2.05) is 91.0 Å². The third kappa shape index (κ3) is 11.4. The third-order valence-electron chi connectivity index (χ3n) is 8.74. The number of ether oxygens (including phenoxy) is 10. The SMILES string of the molecule is CO[C@H]1O[C@H](CO[C@@H]2O[C@@H](C)[C@H](OC(C)=O)[C@@H](OC(C)=O)[C@H]2OC(C)=O)[C@@H](OCc2ccccc2)[C@H](OCc2ccccc2)[C@H]1OCc1ccccc1. The summed E-state index contributed by atoms with van der Waals surface area (Å²) in [6.45, 7) is 5.80. The summed E-state index contributed by atoms with van der Waals surface area (Å²) in [5.41, 5.74) is 2.81. The summed E-state index contributed by atoms with van der Waals surface area (Å²) in [6.07, 6.45) is -9.68. The second-order valence-electron chi connectivity index (χ2n) is 12.8. The Kier molecular flexibility index (Phi) is 14.9. The summed E-state index contributed by atoms with van der Waals surface area (Å²) in [7, 11) is 1.52. The molecular formula is C40H48O13. The van der Waals surface area contributed by atoms with E-state index in [-0.39, 0.29) is 26.4 Å². The van der Waals surface area contributed by atoms with Crippen molar-refractivity contribution in [2.45, 2.75) is 109 Å². The third-order valence-corrected chi connectivity index (χ3v) is 8.74. The lowest BCUT2D eigenvalue weighted by molar-refractivity contribution is -0.340. The molecule has 10 atom stereocenters. The van der Waals surface area contributed by atoms with Crippen molar-refractivity contribution in [3.05, 3.63) is 108 Å². The van der Waals surface area contributed by atoms with Crippen molar-refractivity contribution in [2.24, 2.45) is 0 Å². The van der Waals surface area contributed by atoms with Crippen LogP contribution in [0.3, 0.4) is 0 Å². The molecule has 286 valence electrons. The summed E-state index contributed by atoms with van der Waals surface area (Å²) < 4.78 is 61.2. The van der Waals surface area contributed by atoms with E-state index < -0.39 is 79.3 Å². The number of hydrogen-bond donors (Lipinski definition) is 0. The number of methoxy groups -OCH3 is 1. The van der Waals surface area contributed by atoms with Crippen LogP contribution in [0.15, 0.2) is 91.0 Å². The molecule has 0 unspecified atom stereocenters. The minimum absolute atomic E-state index is 0.171. The number of esters is 3. The van der Waals surface area contributed by atoms with E-state index in [1.165, 1.54) is 27.9 Å². The van der Waals surface area contributed by atoms with Crippen LogP contribution in [-0.4, -0.2) is 93.0 Å². The monoisotopic (exact) mass is 736 g/mol. The predicted molar refractivity (Wildman–Crippen MR) is 188 cm³/mol. The highest BCUT2D eigenvalue weighted by atomic mass is 16.8. The molecule has 2 saturated heterocycles. The lowest BCUT2D eigenvalue weighted by Crippen LogP contribution is -2.63. The number of carbonyl (C=O) groups is 3. The molecule has 0 saturated carbocycles. The summed E-state index contributed by atoms with van der Waals surface area (Å²) in [4.78, 5) is 36.5. The first kappa shape index (κ1) is 40.0. The lowest BCUT2D eigenvalue weighted by atomic mass is 9.97. The van der Waals surface area contributed by atoms with Crippen LogP contribution in [0, 0.1) is 0 Å². The van der Waals surface area contributed by atoms with Crippen LogP contribution >= 0.6 is 0 Å². The van der Waals surface area contributed by atoms with Gasteiger partial charge in [-0.25, -0.2) is 0 Å². The minimum atomic E-state index is -1.30. The number of carbonyl (C=O) groups excluding carboxylic acids is 3. The Morgan fingerprint density at radius 2 is 0.943 bits per heavy atom. The zero-order valence-electron chi connectivity index (χ0n) is 30.6. The quantitative estimate of drug-likeness (QED) is 0.149. The van der Waals surface area contributed by atoms with Gasteiger partial charge in [-0.15, -0.1) is 0 Å². The van der Waals surface area contributed by atoms with Crippen molar-refractivity contribution >= 4 is 17.9 Å². The zero-order valence-corrected chi connectivity index (χ0v) is 30.6. The Bertz CT molecular complexity index is 1570. The largest absolute Gasteiger partial charge is 0.456 e. The standard InChI is InChI=1S/C40H48O13/c1-25-33(50-26(2)41)36(51-27(3)42)38(52-28(4)43)40(49-25)48-24-32-34(45-21-29-15-9-6-10-16-29)35(46-22-30-17-11-7-12-18-30)37(39(44-5)53-32)47-23-31-19-13-8-14-20-31/h6-20,25,32-40H,21-24H2,1-5H3/t25-,32+,33-,34+,35-,36+,37+,38+,39-,40+/m0/s1. The molecule has 0 bridgehead atoms. The van der Waals surface area contributed by atoms with Crippen LogP contribution in [0.25, 0.3) is 0 Å². The first-order valence-corrected chi connectivity index (χ1v) is 17.6. The molecule has 5 rings (SSSR count). The van der Waals surface area contributed by atoms with Gasteiger partial charge in [-0.3, -0.25) is 14.4 Å². The molecule has 0 radical (unpaired) electrons. The zero-order chi connectivity index (χ0) is 37.7. The Hall–Kier alpha value is -4.21. The Morgan fingerprint density at radius 3 is 1.42 bits per heavy atom. The molecular weight excluding hydrogens is 688 g/mol. The second kappa shape index (κ2) is 19.7. The van der Waals surface area contributed by atoms with Crippen LogP contribution < -0.4 is 0 Å². The Labute approximate surface area is 309 Å². The molecule has 3 aromatic carbocycles. The fraction of sp³-hybridized carbons (Fsp3) is 0.475. The van der Waals surface area contributed by atoms with Gasteiger partial charge in [-0.1, -0.05) is 91.0 Å². The Morgan fingerprint density at radius 1 is 0.509 bits per heavy atom. The van der Waals surface area contributed by atoms with Gasteiger partial charge in [0.15, 0.2) is 30.9 Å². The molecule has 2 aliphatic rings. The Balaban J connectivity index is 1.45. The molecule has 53 heavy (non-hydrogen) atoms. The minimum Gasteiger partial charge on any atom is -0.456 e. The highest BCUT2D eigenvalue weighted by Gasteiger charge is 2.53. The molecule has 0 aliphatic carbocycles. The van der Waals surface area contributed by atoms with Gasteiger partial charge in [0.25, 0.3) is 0 Å². The van der Waals surface area contributed by atoms with Gasteiger partial charge < -0.3 is 47.4 Å². The van der Waals surface area contributed by atoms with Gasteiger partial charge in [0.2, 0.25) is 0 Å². The molecule has 0 spiro atoms. The molecule has 13 nitrogen and oxygen atoms in total. The average Bonchev–Trinajstić information content (AvgIpc) is 3.15. The first-order valence-electron chi connectivity index (χ1n) is 17.6. The topological polar surface area (TPSA) is 144 Å². The van der Waals surface area contributed by atoms with Crippen LogP contribution in [-0.2, 0) is 81.6 Å². The van der Waals surface area contributed by atoms with E-state index >= 15 is 0 Å². The van der Waals surface area contributed by atoms with Crippen LogP contribution in [0.4, 0.5) is 0 Å². The molecule has 2 fully saturated rings. The fourth-order valence-electron chi connectivity index (χ4n) is 6.36. The van der Waals surface area contributed by atoms with Crippen LogP contribution in [0.2, 0.25) is 0 Å². The van der Waals surface area contributed by atoms with E-state index in [1.54, 1.807) is 6.92 Å². The van der Waals surface area contributed by atoms with Gasteiger partial charge in [-0.2, -0.15) is 0 Å². The van der Waals surface area contributed by atoms with E-state index in [0.717, 1.165) is 16.7 Å². The molecule has 2 aliphatic heterocycles. The number of hydrogen-bond acceptors (Lipinski definition) is 13. The number of benzene rings is 3. The summed E-state index contributed by atoms with van der Waals surface area (Å²) in [5, 5.41) is 0. The molecule has 0 amide bonds. The van der Waals surface area contributed by atoms with E-state index in [2.05, 4.69) is 0 Å². The van der Waals surface area contributed by atoms with Gasteiger partial charge in [-0.05, 0) is 23.6 Å². The molecule has 0 aromatic heterocycles. The van der Waals surface area contributed by atoms with Gasteiger partial charge in [0.1, 0.15) is 24.4 Å². The summed E-state index contributed by atoms with van der Waals surface area (Å²) in [6, 6.07) is 29.1. The van der Waals surface area contributed by atoms with Crippen LogP contribution in [0.1, 0.15) is 44.4 Å². The van der Waals surface area contributed by atoms with Crippen molar-refractivity contribution < 1.29 is 61.8 Å². The van der Waals surface area contributed by atoms with Crippen LogP contribution in [0.5, 0.6) is 0 Å². The highest BCUT2D eigenvalue weighted by molar-refractivity contribution is 5.68. The summed E-state index contributed by atoms with van der Waals surface area (Å²) >= 11 is 0. The van der Waals surface area contributed by atoms with Crippen molar-refractivity contribution in [3.8, 4) is 0 Å². The summed E-state index contributed by atoms with van der Waals surface area (Å²) in [5.74, 6) is -2.00. The maximum absolute atomic E-state index is 12.3. The molecule has 2 heterocycles. The first-order chi connectivity index (χ1) is 25.6. The molecule has 3 aromatic rings. The maximum Gasteiger partial charge on any atom is 0.303 e. The highest BCUT2D eigenvalue weighted by Crippen LogP contribution is 2.33. The van der Waals surface area contributed by atoms with Crippen molar-refractivity contribution in [2.75, 3.05) is 13.7 Å². The van der Waals surface area contributed by atoms with Crippen molar-refractivity contribution in [3.63, 3.8) is 0 Å². The molecule has 13 heteroatoms. The predicted octanol–water partition coefficient (Wildman–Crippen LogP) is 4.67. The molecule has 0 N–H and O–H groups in total. The van der Waals surface area contributed by atoms with Gasteiger partial charge in [0, 0.05) is 27.9 Å². The van der Waals surface area contributed by atoms with E-state index in [0.29, 0.717) is 0 Å². The number of rotatable bonds is 16. The lowest BCUT2D eigenvalue weighted by Gasteiger charge is -2.47. The van der Waals surface area contributed by atoms with Crippen molar-refractivity contribution in [1.29, 1.82) is 0 Å². The van der Waals surface area contributed by atoms with E-state index in [9.17, 15) is 14.4 Å². The van der Waals surface area contributed by atoms with Crippen molar-refractivity contribution in [1.82, 2.24) is 0 Å². The smallest absolute Gasteiger partial charge is 0.303 e. The van der Waals surface area contributed by atoms with Gasteiger partial charge in [0.05, 0.1) is 32.5 Å². The maximum atomic E-state index is 12.3. The average molecular weight is 737 g/mol. The van der Waals surface area contributed by atoms with Gasteiger partial charge >= 0.3 is 17.9 Å². The normalized spacial score (nSPS) is 28.5.